The Bertz CT molecular complexity index is 914. The average Bonchev–Trinajstić information content (AvgIpc) is 3.15. The highest BCUT2D eigenvalue weighted by atomic mass is 16.9. The van der Waals surface area contributed by atoms with E-state index in [0.717, 1.165) is 0 Å². The average molecular weight is 557 g/mol. The summed E-state index contributed by atoms with van der Waals surface area (Å²) in [6.45, 7) is 24.5. The van der Waals surface area contributed by atoms with Crippen LogP contribution in [0.2, 0.25) is 0 Å². The first-order valence-electron chi connectivity index (χ1n) is 13.4. The molecule has 4 unspecified atom stereocenters. The summed E-state index contributed by atoms with van der Waals surface area (Å²) in [6.07, 6.45) is -3.90. The molecule has 10 heteroatoms. The number of carbonyl (C=O) groups excluding carboxylic acids is 3. The van der Waals surface area contributed by atoms with E-state index in [-0.39, 0.29) is 13.2 Å². The van der Waals surface area contributed by atoms with Gasteiger partial charge in [-0.3, -0.25) is 19.1 Å². The second-order valence-corrected chi connectivity index (χ2v) is 14.2. The molecule has 10 nitrogen and oxygen atoms in total. The lowest BCUT2D eigenvalue weighted by Gasteiger charge is -2.42. The molecular weight excluding hydrogens is 508 g/mol. The Morgan fingerprint density at radius 3 is 1.69 bits per heavy atom. The van der Waals surface area contributed by atoms with Gasteiger partial charge in [-0.2, -0.15) is 0 Å². The first kappa shape index (κ1) is 33.2. The van der Waals surface area contributed by atoms with Crippen molar-refractivity contribution in [1.29, 1.82) is 0 Å². The Morgan fingerprint density at radius 2 is 1.26 bits per heavy atom. The molecular formula is C29H48O10. The van der Waals surface area contributed by atoms with Crippen LogP contribution in [0.5, 0.6) is 0 Å². The summed E-state index contributed by atoms with van der Waals surface area (Å²) in [4.78, 5) is 38.9. The Hall–Kier alpha value is -2.01. The highest BCUT2D eigenvalue weighted by molar-refractivity contribution is 5.77. The quantitative estimate of drug-likeness (QED) is 0.251. The lowest BCUT2D eigenvalue weighted by molar-refractivity contribution is -0.394. The molecule has 2 fully saturated rings. The molecule has 2 aliphatic rings. The molecule has 0 spiro atoms. The van der Waals surface area contributed by atoms with Crippen molar-refractivity contribution in [1.82, 2.24) is 0 Å². The van der Waals surface area contributed by atoms with Gasteiger partial charge in [0, 0.05) is 5.41 Å². The third-order valence-electron chi connectivity index (χ3n) is 6.17. The second kappa shape index (κ2) is 11.5. The van der Waals surface area contributed by atoms with E-state index in [0.29, 0.717) is 0 Å². The van der Waals surface area contributed by atoms with E-state index < -0.39 is 76.2 Å². The number of hydrogen-bond acceptors (Lipinski definition) is 10. The summed E-state index contributed by atoms with van der Waals surface area (Å²) in [5, 5.41) is 0. The van der Waals surface area contributed by atoms with Gasteiger partial charge in [-0.15, -0.1) is 6.58 Å². The van der Waals surface area contributed by atoms with E-state index in [1.807, 2.05) is 20.8 Å². The normalized spacial score (nSPS) is 29.8. The summed E-state index contributed by atoms with van der Waals surface area (Å²) in [7, 11) is 0. The molecule has 6 atom stereocenters. The molecule has 2 rings (SSSR count). The molecule has 0 aliphatic carbocycles. The van der Waals surface area contributed by atoms with Crippen molar-refractivity contribution in [3.63, 3.8) is 0 Å². The van der Waals surface area contributed by atoms with Crippen molar-refractivity contribution in [2.45, 2.75) is 120 Å². The standard InChI is InChI=1S/C29H48O10/c1-14-15-34-29(28(11,12)13)38-20-19(37-24(32)27(8,9)10)18(36-23(31)26(5,6)7)17(35-21(20)39-29)16-33-22(30)25(2,3)4/h14,17-21H,1,15-16H2,2-13H3/t17?,18-,19?,20?,21+,29?/m0/s1. The van der Waals surface area contributed by atoms with Gasteiger partial charge >= 0.3 is 17.9 Å². The smallest absolute Gasteiger partial charge is 0.311 e. The molecule has 0 aromatic rings. The van der Waals surface area contributed by atoms with Crippen molar-refractivity contribution < 1.29 is 47.5 Å². The summed E-state index contributed by atoms with van der Waals surface area (Å²) < 4.78 is 42.3. The minimum Gasteiger partial charge on any atom is -0.462 e. The molecule has 0 saturated carbocycles. The number of carbonyl (C=O) groups is 3. The fraction of sp³-hybridized carbons (Fsp3) is 0.828. The van der Waals surface area contributed by atoms with Crippen LogP contribution in [0, 0.1) is 21.7 Å². The molecule has 2 saturated heterocycles. The maximum absolute atomic E-state index is 13.2. The number of hydrogen-bond donors (Lipinski definition) is 0. The molecule has 0 amide bonds. The predicted molar refractivity (Wildman–Crippen MR) is 142 cm³/mol. The molecule has 0 aromatic carbocycles. The van der Waals surface area contributed by atoms with Gasteiger partial charge in [0.1, 0.15) is 12.7 Å². The largest absolute Gasteiger partial charge is 0.462 e. The van der Waals surface area contributed by atoms with Gasteiger partial charge in [0.15, 0.2) is 24.6 Å². The molecule has 0 aromatic heterocycles. The Labute approximate surface area is 233 Å². The minimum absolute atomic E-state index is 0.109. The number of ether oxygens (including phenoxy) is 7. The third kappa shape index (κ3) is 7.80. The molecule has 224 valence electrons. The summed E-state index contributed by atoms with van der Waals surface area (Å²) in [6, 6.07) is 0. The van der Waals surface area contributed by atoms with Gasteiger partial charge in [0.25, 0.3) is 5.97 Å². The van der Waals surface area contributed by atoms with E-state index in [1.54, 1.807) is 68.4 Å². The molecule has 0 radical (unpaired) electrons. The molecule has 0 bridgehead atoms. The van der Waals surface area contributed by atoms with Crippen LogP contribution in [-0.4, -0.2) is 67.8 Å². The minimum atomic E-state index is -1.60. The van der Waals surface area contributed by atoms with E-state index in [1.165, 1.54) is 0 Å². The Balaban J connectivity index is 2.58. The van der Waals surface area contributed by atoms with E-state index in [9.17, 15) is 14.4 Å². The number of fused-ring (bicyclic) bond motifs is 1. The first-order valence-corrected chi connectivity index (χ1v) is 13.4. The Kier molecular flexibility index (Phi) is 9.76. The van der Waals surface area contributed by atoms with Crippen LogP contribution in [0.3, 0.4) is 0 Å². The topological polar surface area (TPSA) is 116 Å². The lowest BCUT2D eigenvalue weighted by atomic mass is 9.92. The van der Waals surface area contributed by atoms with Crippen LogP contribution in [-0.2, 0) is 47.5 Å². The summed E-state index contributed by atoms with van der Waals surface area (Å²) in [5.74, 6) is -3.17. The zero-order valence-corrected chi connectivity index (χ0v) is 25.7. The first-order chi connectivity index (χ1) is 17.5. The summed E-state index contributed by atoms with van der Waals surface area (Å²) >= 11 is 0. The highest BCUT2D eigenvalue weighted by Crippen LogP contribution is 2.48. The van der Waals surface area contributed by atoms with Crippen LogP contribution >= 0.6 is 0 Å². The maximum Gasteiger partial charge on any atom is 0.311 e. The van der Waals surface area contributed by atoms with Crippen LogP contribution < -0.4 is 0 Å². The second-order valence-electron chi connectivity index (χ2n) is 14.2. The van der Waals surface area contributed by atoms with Gasteiger partial charge in [-0.05, 0) is 62.3 Å². The van der Waals surface area contributed by atoms with Crippen LogP contribution in [0.25, 0.3) is 0 Å². The number of rotatable bonds is 7. The van der Waals surface area contributed by atoms with Gasteiger partial charge in [0.2, 0.25) is 0 Å². The molecule has 39 heavy (non-hydrogen) atoms. The van der Waals surface area contributed by atoms with Gasteiger partial charge in [-0.25, -0.2) is 0 Å². The monoisotopic (exact) mass is 556 g/mol. The fourth-order valence-electron chi connectivity index (χ4n) is 3.65. The highest BCUT2D eigenvalue weighted by Gasteiger charge is 2.64. The molecule has 0 N–H and O–H groups in total. The van der Waals surface area contributed by atoms with Gasteiger partial charge in [-0.1, -0.05) is 26.8 Å². The lowest BCUT2D eigenvalue weighted by Crippen LogP contribution is -2.61. The van der Waals surface area contributed by atoms with E-state index in [2.05, 4.69) is 6.58 Å². The SMILES string of the molecule is C=CCOC1(C(C)(C)C)OC2C(OC(=O)C(C)(C)C)[C@@H](OC(=O)C(C)(C)C)C(COC(=O)C(C)(C)C)O[C@@H]2O1. The van der Waals surface area contributed by atoms with Crippen LogP contribution in [0.4, 0.5) is 0 Å². The van der Waals surface area contributed by atoms with Crippen molar-refractivity contribution >= 4 is 17.9 Å². The number of esters is 3. The van der Waals surface area contributed by atoms with Crippen molar-refractivity contribution in [3.8, 4) is 0 Å². The third-order valence-corrected chi connectivity index (χ3v) is 6.17. The zero-order valence-electron chi connectivity index (χ0n) is 25.7. The van der Waals surface area contributed by atoms with Crippen LogP contribution in [0.15, 0.2) is 12.7 Å². The van der Waals surface area contributed by atoms with Gasteiger partial charge in [0.05, 0.1) is 22.9 Å². The van der Waals surface area contributed by atoms with Crippen molar-refractivity contribution in [2.75, 3.05) is 13.2 Å². The van der Waals surface area contributed by atoms with Gasteiger partial charge < -0.3 is 28.4 Å². The van der Waals surface area contributed by atoms with Crippen molar-refractivity contribution in [2.24, 2.45) is 21.7 Å². The summed E-state index contributed by atoms with van der Waals surface area (Å²) in [5.41, 5.74) is -3.25. The Morgan fingerprint density at radius 1 is 0.769 bits per heavy atom. The zero-order chi connectivity index (χ0) is 30.2. The predicted octanol–water partition coefficient (Wildman–Crippen LogP) is 4.53. The molecule has 2 aliphatic heterocycles. The van der Waals surface area contributed by atoms with E-state index in [4.69, 9.17) is 33.2 Å². The fourth-order valence-corrected chi connectivity index (χ4v) is 3.65. The maximum atomic E-state index is 13.2. The van der Waals surface area contributed by atoms with Crippen molar-refractivity contribution in [3.05, 3.63) is 12.7 Å². The van der Waals surface area contributed by atoms with Crippen LogP contribution in [0.1, 0.15) is 83.1 Å². The van der Waals surface area contributed by atoms with E-state index >= 15 is 0 Å². The molecule has 2 heterocycles.